The first-order chi connectivity index (χ1) is 15.0. The first-order valence-electron chi connectivity index (χ1n) is 10.1. The number of nitrogens with one attached hydrogen (secondary N) is 3. The lowest BCUT2D eigenvalue weighted by Gasteiger charge is -2.21. The van der Waals surface area contributed by atoms with Crippen LogP contribution in [0.15, 0.2) is 35.7 Å². The summed E-state index contributed by atoms with van der Waals surface area (Å²) in [6.07, 6.45) is 4.08. The lowest BCUT2D eigenvalue weighted by atomic mass is 10.2. The summed E-state index contributed by atoms with van der Waals surface area (Å²) < 4.78 is 28.9. The van der Waals surface area contributed by atoms with Crippen LogP contribution in [0, 0.1) is 11.6 Å². The zero-order chi connectivity index (χ0) is 21.8. The lowest BCUT2D eigenvalue weighted by Crippen LogP contribution is -2.45. The van der Waals surface area contributed by atoms with E-state index in [-0.39, 0.29) is 30.0 Å². The van der Waals surface area contributed by atoms with Crippen LogP contribution >= 0.6 is 24.0 Å². The molecule has 3 aromatic rings. The van der Waals surface area contributed by atoms with Crippen molar-refractivity contribution in [3.63, 3.8) is 0 Å². The normalized spacial score (nSPS) is 16.2. The maximum atomic E-state index is 14.0. The molecule has 1 aliphatic rings. The number of halogens is 3. The van der Waals surface area contributed by atoms with Gasteiger partial charge in [0.2, 0.25) is 0 Å². The molecule has 1 aliphatic heterocycles. The molecule has 0 bridgehead atoms. The Bertz CT molecular complexity index is 1090. The predicted octanol–water partition coefficient (Wildman–Crippen LogP) is 2.12. The van der Waals surface area contributed by atoms with Crippen molar-refractivity contribution >= 4 is 52.5 Å². The summed E-state index contributed by atoms with van der Waals surface area (Å²) in [7, 11) is 3.55. The molecule has 9 nitrogen and oxygen atoms in total. The zero-order valence-corrected chi connectivity index (χ0v) is 20.2. The van der Waals surface area contributed by atoms with E-state index in [9.17, 15) is 8.78 Å². The predicted molar refractivity (Wildman–Crippen MR) is 132 cm³/mol. The fourth-order valence-corrected chi connectivity index (χ4v) is 3.69. The second-order valence-corrected chi connectivity index (χ2v) is 7.33. The number of aliphatic imine (C=N–C) groups is 1. The standard InChI is InChI=1S/C20H25F2N9.HI/c1-23-20(25-7-6-24-18-15-10-28-30(2)19(15)27-12-26-18)29-14-5-8-31(11-14)17-4-3-13(21)9-16(17)22;/h3-4,9-10,12,14H,5-8,11H2,1-2H3,(H2,23,25,29)(H,24,26,27);1H. The number of aryl methyl sites for hydroxylation is 1. The van der Waals surface area contributed by atoms with Gasteiger partial charge in [-0.15, -0.1) is 24.0 Å². The van der Waals surface area contributed by atoms with Crippen LogP contribution in [0.4, 0.5) is 20.3 Å². The smallest absolute Gasteiger partial charge is 0.191 e. The second-order valence-electron chi connectivity index (χ2n) is 7.33. The average Bonchev–Trinajstić information content (AvgIpc) is 3.37. The van der Waals surface area contributed by atoms with Gasteiger partial charge in [-0.05, 0) is 18.6 Å². The van der Waals surface area contributed by atoms with Crippen LogP contribution < -0.4 is 20.9 Å². The minimum absolute atomic E-state index is 0. The van der Waals surface area contributed by atoms with Crippen molar-refractivity contribution in [1.29, 1.82) is 0 Å². The molecular weight excluding hydrogens is 531 g/mol. The van der Waals surface area contributed by atoms with E-state index in [0.29, 0.717) is 37.8 Å². The van der Waals surface area contributed by atoms with Gasteiger partial charge in [-0.1, -0.05) is 0 Å². The van der Waals surface area contributed by atoms with Gasteiger partial charge in [-0.25, -0.2) is 18.7 Å². The molecule has 12 heteroatoms. The first-order valence-corrected chi connectivity index (χ1v) is 10.1. The molecule has 0 radical (unpaired) electrons. The zero-order valence-electron chi connectivity index (χ0n) is 17.8. The number of hydrogen-bond acceptors (Lipinski definition) is 6. The highest BCUT2D eigenvalue weighted by Crippen LogP contribution is 2.24. The van der Waals surface area contributed by atoms with E-state index >= 15 is 0 Å². The van der Waals surface area contributed by atoms with Gasteiger partial charge < -0.3 is 20.9 Å². The third-order valence-electron chi connectivity index (χ3n) is 5.24. The molecule has 1 aromatic carbocycles. The van der Waals surface area contributed by atoms with Crippen LogP contribution in [0.2, 0.25) is 0 Å². The number of rotatable bonds is 6. The Morgan fingerprint density at radius 3 is 2.88 bits per heavy atom. The van der Waals surface area contributed by atoms with E-state index in [0.717, 1.165) is 29.3 Å². The van der Waals surface area contributed by atoms with Crippen LogP contribution in [0.1, 0.15) is 6.42 Å². The summed E-state index contributed by atoms with van der Waals surface area (Å²) in [5.74, 6) is 0.291. The molecule has 0 spiro atoms. The number of fused-ring (bicyclic) bond motifs is 1. The van der Waals surface area contributed by atoms with Crippen LogP contribution in [0.5, 0.6) is 0 Å². The molecule has 1 saturated heterocycles. The molecule has 3 N–H and O–H groups in total. The topological polar surface area (TPSA) is 95.3 Å². The summed E-state index contributed by atoms with van der Waals surface area (Å²) in [6, 6.07) is 3.79. The molecule has 3 heterocycles. The minimum atomic E-state index is -0.570. The Hall–Kier alpha value is -2.77. The van der Waals surface area contributed by atoms with E-state index < -0.39 is 11.6 Å². The van der Waals surface area contributed by atoms with Crippen LogP contribution in [-0.2, 0) is 7.05 Å². The van der Waals surface area contributed by atoms with E-state index in [1.165, 1.54) is 18.5 Å². The number of anilines is 2. The van der Waals surface area contributed by atoms with Gasteiger partial charge in [0.25, 0.3) is 0 Å². The molecular formula is C20H26F2IN9. The van der Waals surface area contributed by atoms with Gasteiger partial charge in [0.15, 0.2) is 11.6 Å². The first kappa shape index (κ1) is 23.9. The van der Waals surface area contributed by atoms with Crippen molar-refractivity contribution in [2.24, 2.45) is 12.0 Å². The Morgan fingerprint density at radius 1 is 1.25 bits per heavy atom. The summed E-state index contributed by atoms with van der Waals surface area (Å²) in [4.78, 5) is 14.7. The van der Waals surface area contributed by atoms with Gasteiger partial charge in [-0.3, -0.25) is 9.67 Å². The third-order valence-corrected chi connectivity index (χ3v) is 5.24. The monoisotopic (exact) mass is 557 g/mol. The van der Waals surface area contributed by atoms with Crippen molar-refractivity contribution in [3.05, 3.63) is 42.4 Å². The molecule has 4 rings (SSSR count). The van der Waals surface area contributed by atoms with Crippen LogP contribution in [0.25, 0.3) is 11.0 Å². The van der Waals surface area contributed by atoms with Gasteiger partial charge >= 0.3 is 0 Å². The molecule has 0 saturated carbocycles. The molecule has 0 amide bonds. The van der Waals surface area contributed by atoms with E-state index in [1.54, 1.807) is 17.9 Å². The fraction of sp³-hybridized carbons (Fsp3) is 0.400. The third kappa shape index (κ3) is 5.34. The van der Waals surface area contributed by atoms with Crippen molar-refractivity contribution in [2.75, 3.05) is 43.4 Å². The summed E-state index contributed by atoms with van der Waals surface area (Å²) in [6.45, 7) is 2.54. The Labute approximate surface area is 201 Å². The van der Waals surface area contributed by atoms with E-state index in [4.69, 9.17) is 0 Å². The highest BCUT2D eigenvalue weighted by molar-refractivity contribution is 14.0. The van der Waals surface area contributed by atoms with Crippen LogP contribution in [0.3, 0.4) is 0 Å². The number of nitrogens with zero attached hydrogens (tertiary/aromatic N) is 6. The summed E-state index contributed by atoms with van der Waals surface area (Å²) in [5, 5.41) is 15.0. The van der Waals surface area contributed by atoms with Gasteiger partial charge in [0.1, 0.15) is 23.8 Å². The van der Waals surface area contributed by atoms with Crippen molar-refractivity contribution in [2.45, 2.75) is 12.5 Å². The van der Waals surface area contributed by atoms with Crippen molar-refractivity contribution in [1.82, 2.24) is 30.4 Å². The second kappa shape index (κ2) is 10.7. The molecule has 1 unspecified atom stereocenters. The molecule has 1 atom stereocenters. The maximum Gasteiger partial charge on any atom is 0.191 e. The van der Waals surface area contributed by atoms with Crippen molar-refractivity contribution in [3.8, 4) is 0 Å². The summed E-state index contributed by atoms with van der Waals surface area (Å²) in [5.41, 5.74) is 1.19. The Kier molecular flexibility index (Phi) is 7.99. The quantitative estimate of drug-likeness (QED) is 0.185. The number of hydrogen-bond donors (Lipinski definition) is 3. The Morgan fingerprint density at radius 2 is 2.09 bits per heavy atom. The van der Waals surface area contributed by atoms with E-state index in [1.807, 2.05) is 11.9 Å². The number of benzene rings is 1. The molecule has 1 fully saturated rings. The SMILES string of the molecule is CN=C(NCCNc1ncnc2c1cnn2C)NC1CCN(c2ccc(F)cc2F)C1.I. The molecule has 0 aliphatic carbocycles. The fourth-order valence-electron chi connectivity index (χ4n) is 3.69. The Balaban J connectivity index is 0.00000289. The maximum absolute atomic E-state index is 14.0. The summed E-state index contributed by atoms with van der Waals surface area (Å²) >= 11 is 0. The molecule has 172 valence electrons. The van der Waals surface area contributed by atoms with E-state index in [2.05, 4.69) is 36.0 Å². The van der Waals surface area contributed by atoms with Crippen molar-refractivity contribution < 1.29 is 8.78 Å². The minimum Gasteiger partial charge on any atom is -0.368 e. The molecule has 2 aromatic heterocycles. The lowest BCUT2D eigenvalue weighted by molar-refractivity contribution is 0.580. The van der Waals surface area contributed by atoms with Gasteiger partial charge in [-0.2, -0.15) is 5.10 Å². The highest BCUT2D eigenvalue weighted by Gasteiger charge is 2.25. The van der Waals surface area contributed by atoms with Gasteiger partial charge in [0, 0.05) is 52.4 Å². The number of aromatic nitrogens is 4. The number of guanidine groups is 1. The van der Waals surface area contributed by atoms with Crippen LogP contribution in [-0.4, -0.2) is 65.0 Å². The largest absolute Gasteiger partial charge is 0.368 e. The molecule has 32 heavy (non-hydrogen) atoms. The average molecular weight is 557 g/mol. The highest BCUT2D eigenvalue weighted by atomic mass is 127. The van der Waals surface area contributed by atoms with Gasteiger partial charge in [0.05, 0.1) is 17.3 Å².